The van der Waals surface area contributed by atoms with Crippen LogP contribution in [0, 0.1) is 5.82 Å². The number of nitrogens with two attached hydrogens (primary N) is 1. The maximum absolute atomic E-state index is 13.5. The number of hydrogen-bond acceptors (Lipinski definition) is 2. The third-order valence-corrected chi connectivity index (χ3v) is 2.23. The third-order valence-electron chi connectivity index (χ3n) is 2.23. The molecule has 0 saturated heterocycles. The van der Waals surface area contributed by atoms with E-state index in [0.29, 0.717) is 17.9 Å². The zero-order valence-electron chi connectivity index (χ0n) is 9.29. The van der Waals surface area contributed by atoms with Crippen molar-refractivity contribution in [3.8, 4) is 5.75 Å². The summed E-state index contributed by atoms with van der Waals surface area (Å²) in [4.78, 5) is 0. The second-order valence-electron chi connectivity index (χ2n) is 3.67. The van der Waals surface area contributed by atoms with E-state index >= 15 is 0 Å². The number of halogens is 1. The highest BCUT2D eigenvalue weighted by Gasteiger charge is 2.07. The van der Waals surface area contributed by atoms with Crippen molar-refractivity contribution < 1.29 is 9.13 Å². The summed E-state index contributed by atoms with van der Waals surface area (Å²) >= 11 is 0. The average Bonchev–Trinajstić information content (AvgIpc) is 2.17. The molecule has 0 aliphatic carbocycles. The second kappa shape index (κ2) is 5.71. The van der Waals surface area contributed by atoms with Crippen molar-refractivity contribution in [1.29, 1.82) is 0 Å². The van der Waals surface area contributed by atoms with Gasteiger partial charge in [0.05, 0.1) is 6.61 Å². The predicted octanol–water partition coefficient (Wildman–Crippen LogP) is 3.02. The molecule has 0 spiro atoms. The first kappa shape index (κ1) is 12.0. The molecule has 1 unspecified atom stereocenters. The second-order valence-corrected chi connectivity index (χ2v) is 3.67. The topological polar surface area (TPSA) is 35.2 Å². The lowest BCUT2D eigenvalue weighted by Crippen LogP contribution is -2.07. The minimum absolute atomic E-state index is 0.283. The fraction of sp³-hybridized carbons (Fsp3) is 0.500. The van der Waals surface area contributed by atoms with Gasteiger partial charge in [0, 0.05) is 17.7 Å². The van der Waals surface area contributed by atoms with Crippen molar-refractivity contribution in [2.75, 3.05) is 6.61 Å². The Kier molecular flexibility index (Phi) is 4.56. The van der Waals surface area contributed by atoms with Crippen LogP contribution in [0.4, 0.5) is 4.39 Å². The molecule has 15 heavy (non-hydrogen) atoms. The molecule has 0 amide bonds. The lowest BCUT2D eigenvalue weighted by Gasteiger charge is -2.10. The largest absolute Gasteiger partial charge is 0.493 e. The van der Waals surface area contributed by atoms with Gasteiger partial charge in [0.15, 0.2) is 0 Å². The van der Waals surface area contributed by atoms with Crippen LogP contribution in [0.5, 0.6) is 5.75 Å². The van der Waals surface area contributed by atoms with E-state index in [-0.39, 0.29) is 11.9 Å². The maximum atomic E-state index is 13.5. The molecular weight excluding hydrogens is 193 g/mol. The molecule has 1 aromatic carbocycles. The number of benzene rings is 1. The van der Waals surface area contributed by atoms with Gasteiger partial charge in [-0.25, -0.2) is 4.39 Å². The van der Waals surface area contributed by atoms with Gasteiger partial charge in [-0.2, -0.15) is 0 Å². The van der Waals surface area contributed by atoms with Crippen LogP contribution in [-0.2, 0) is 0 Å². The third kappa shape index (κ3) is 3.51. The Balaban J connectivity index is 2.65. The highest BCUT2D eigenvalue weighted by Crippen LogP contribution is 2.20. The van der Waals surface area contributed by atoms with Gasteiger partial charge in [-0.3, -0.25) is 0 Å². The first-order valence-electron chi connectivity index (χ1n) is 5.33. The van der Waals surface area contributed by atoms with Crippen molar-refractivity contribution >= 4 is 0 Å². The summed E-state index contributed by atoms with van der Waals surface area (Å²) in [6.07, 6.45) is 2.05. The first-order chi connectivity index (χ1) is 7.15. The smallest absolute Gasteiger partial charge is 0.131 e. The zero-order valence-corrected chi connectivity index (χ0v) is 9.29. The standard InChI is InChI=1S/C12H18FNO/c1-3-4-7-15-10-5-6-11(9(2)14)12(13)8-10/h5-6,8-9H,3-4,7,14H2,1-2H3. The highest BCUT2D eigenvalue weighted by atomic mass is 19.1. The summed E-state index contributed by atoms with van der Waals surface area (Å²) in [7, 11) is 0. The van der Waals surface area contributed by atoms with Crippen LogP contribution < -0.4 is 10.5 Å². The maximum Gasteiger partial charge on any atom is 0.131 e. The Hall–Kier alpha value is -1.09. The van der Waals surface area contributed by atoms with Crippen LogP contribution in [0.15, 0.2) is 18.2 Å². The molecule has 0 fully saturated rings. The monoisotopic (exact) mass is 211 g/mol. The summed E-state index contributed by atoms with van der Waals surface area (Å²) in [6.45, 7) is 4.48. The Morgan fingerprint density at radius 1 is 1.47 bits per heavy atom. The zero-order chi connectivity index (χ0) is 11.3. The van der Waals surface area contributed by atoms with Gasteiger partial charge in [0.2, 0.25) is 0 Å². The molecule has 1 atom stereocenters. The summed E-state index contributed by atoms with van der Waals surface area (Å²) in [5, 5.41) is 0. The van der Waals surface area contributed by atoms with E-state index in [1.54, 1.807) is 19.1 Å². The molecule has 0 aliphatic heterocycles. The van der Waals surface area contributed by atoms with E-state index in [1.807, 2.05) is 0 Å². The number of ether oxygens (including phenoxy) is 1. The van der Waals surface area contributed by atoms with Crippen molar-refractivity contribution in [3.05, 3.63) is 29.6 Å². The van der Waals surface area contributed by atoms with Crippen LogP contribution in [0.2, 0.25) is 0 Å². The Labute approximate surface area is 90.2 Å². The van der Waals surface area contributed by atoms with Crippen molar-refractivity contribution in [2.45, 2.75) is 32.7 Å². The number of hydrogen-bond donors (Lipinski definition) is 1. The van der Waals surface area contributed by atoms with Crippen LogP contribution in [-0.4, -0.2) is 6.61 Å². The van der Waals surface area contributed by atoms with Crippen molar-refractivity contribution in [1.82, 2.24) is 0 Å². The van der Waals surface area contributed by atoms with Gasteiger partial charge in [-0.05, 0) is 19.4 Å². The summed E-state index contributed by atoms with van der Waals surface area (Å²) < 4.78 is 18.8. The quantitative estimate of drug-likeness (QED) is 0.760. The lowest BCUT2D eigenvalue weighted by atomic mass is 10.1. The first-order valence-corrected chi connectivity index (χ1v) is 5.33. The molecule has 0 radical (unpaired) electrons. The Morgan fingerprint density at radius 3 is 2.73 bits per heavy atom. The molecule has 0 saturated carbocycles. The summed E-state index contributed by atoms with van der Waals surface area (Å²) in [5.74, 6) is 0.282. The molecule has 2 N–H and O–H groups in total. The van der Waals surface area contributed by atoms with Crippen molar-refractivity contribution in [3.63, 3.8) is 0 Å². The SMILES string of the molecule is CCCCOc1ccc(C(C)N)c(F)c1. The molecule has 1 aromatic rings. The molecule has 0 bridgehead atoms. The van der Waals surface area contributed by atoms with Gasteiger partial charge in [-0.15, -0.1) is 0 Å². The average molecular weight is 211 g/mol. The minimum atomic E-state index is -0.293. The van der Waals surface area contributed by atoms with E-state index in [2.05, 4.69) is 6.92 Å². The molecule has 0 heterocycles. The fourth-order valence-electron chi connectivity index (χ4n) is 1.30. The molecule has 84 valence electrons. The fourth-order valence-corrected chi connectivity index (χ4v) is 1.30. The van der Waals surface area contributed by atoms with Gasteiger partial charge < -0.3 is 10.5 Å². The Bertz CT molecular complexity index is 312. The van der Waals surface area contributed by atoms with Crippen molar-refractivity contribution in [2.24, 2.45) is 5.73 Å². The van der Waals surface area contributed by atoms with E-state index in [9.17, 15) is 4.39 Å². The van der Waals surface area contributed by atoms with Crippen LogP contribution in [0.3, 0.4) is 0 Å². The van der Waals surface area contributed by atoms with Gasteiger partial charge in [-0.1, -0.05) is 19.4 Å². The molecule has 1 rings (SSSR count). The lowest BCUT2D eigenvalue weighted by molar-refractivity contribution is 0.307. The molecule has 3 heteroatoms. The van der Waals surface area contributed by atoms with Crippen LogP contribution in [0.1, 0.15) is 38.3 Å². The number of unbranched alkanes of at least 4 members (excludes halogenated alkanes) is 1. The molecule has 2 nitrogen and oxygen atoms in total. The number of rotatable bonds is 5. The van der Waals surface area contributed by atoms with E-state index in [0.717, 1.165) is 12.8 Å². The predicted molar refractivity (Wildman–Crippen MR) is 59.4 cm³/mol. The molecule has 0 aliphatic rings. The molecular formula is C12H18FNO. The molecule has 0 aromatic heterocycles. The van der Waals surface area contributed by atoms with Gasteiger partial charge >= 0.3 is 0 Å². The normalized spacial score (nSPS) is 12.5. The Morgan fingerprint density at radius 2 is 2.20 bits per heavy atom. The van der Waals surface area contributed by atoms with Crippen LogP contribution in [0.25, 0.3) is 0 Å². The summed E-state index contributed by atoms with van der Waals surface area (Å²) in [6, 6.07) is 4.56. The van der Waals surface area contributed by atoms with Crippen LogP contribution >= 0.6 is 0 Å². The summed E-state index contributed by atoms with van der Waals surface area (Å²) in [5.41, 5.74) is 6.13. The van der Waals surface area contributed by atoms with E-state index in [1.165, 1.54) is 6.07 Å². The van der Waals surface area contributed by atoms with E-state index in [4.69, 9.17) is 10.5 Å². The minimum Gasteiger partial charge on any atom is -0.493 e. The van der Waals surface area contributed by atoms with Gasteiger partial charge in [0.1, 0.15) is 11.6 Å². The van der Waals surface area contributed by atoms with Gasteiger partial charge in [0.25, 0.3) is 0 Å². The highest BCUT2D eigenvalue weighted by molar-refractivity contribution is 5.30. The van der Waals surface area contributed by atoms with E-state index < -0.39 is 0 Å².